The van der Waals surface area contributed by atoms with Crippen LogP contribution in [-0.2, 0) is 24.4 Å². The summed E-state index contributed by atoms with van der Waals surface area (Å²) < 4.78 is 13.6. The predicted molar refractivity (Wildman–Crippen MR) is 101 cm³/mol. The molecular weight excluding hydrogens is 384 g/mol. The van der Waals surface area contributed by atoms with Gasteiger partial charge < -0.3 is 14.5 Å². The molecule has 1 aromatic carbocycles. The highest BCUT2D eigenvalue weighted by Gasteiger charge is 2.17. The van der Waals surface area contributed by atoms with Crippen molar-refractivity contribution in [2.45, 2.75) is 40.5 Å². The number of hydrogen-bond acceptors (Lipinski definition) is 5. The van der Waals surface area contributed by atoms with Gasteiger partial charge in [0.1, 0.15) is 23.6 Å². The molecule has 7 heteroatoms. The second-order valence-electron chi connectivity index (χ2n) is 7.26. The van der Waals surface area contributed by atoms with E-state index in [1.807, 2.05) is 28.9 Å². The van der Waals surface area contributed by atoms with E-state index >= 15 is 0 Å². The lowest BCUT2D eigenvalue weighted by atomic mass is 9.97. The van der Waals surface area contributed by atoms with Crippen molar-refractivity contribution in [3.05, 3.63) is 40.3 Å². The van der Waals surface area contributed by atoms with Crippen molar-refractivity contribution in [3.63, 3.8) is 0 Å². The highest BCUT2D eigenvalue weighted by Crippen LogP contribution is 2.31. The Morgan fingerprint density at radius 2 is 1.96 bits per heavy atom. The summed E-state index contributed by atoms with van der Waals surface area (Å²) >= 11 is 3.65. The van der Waals surface area contributed by atoms with Gasteiger partial charge in [-0.05, 0) is 45.6 Å². The molecule has 0 radical (unpaired) electrons. The first-order chi connectivity index (χ1) is 11.9. The van der Waals surface area contributed by atoms with Gasteiger partial charge in [-0.15, -0.1) is 5.10 Å². The SMILES string of the molecule is COCc1ccc(CNc2ccc3c(nnn3CC(C)(C)C)c2Br)o1. The first-order valence-corrected chi connectivity index (χ1v) is 8.99. The molecule has 0 unspecified atom stereocenters. The summed E-state index contributed by atoms with van der Waals surface area (Å²) in [5, 5.41) is 12.0. The molecule has 0 aliphatic carbocycles. The summed E-state index contributed by atoms with van der Waals surface area (Å²) in [5.41, 5.74) is 2.98. The van der Waals surface area contributed by atoms with E-state index in [1.54, 1.807) is 7.11 Å². The summed E-state index contributed by atoms with van der Waals surface area (Å²) in [6.45, 7) is 8.44. The van der Waals surface area contributed by atoms with E-state index in [-0.39, 0.29) is 5.41 Å². The summed E-state index contributed by atoms with van der Waals surface area (Å²) in [5.74, 6) is 1.68. The number of halogens is 1. The molecule has 3 aromatic rings. The van der Waals surface area contributed by atoms with Gasteiger partial charge in [0.25, 0.3) is 0 Å². The zero-order valence-electron chi connectivity index (χ0n) is 15.0. The van der Waals surface area contributed by atoms with Crippen LogP contribution in [0.1, 0.15) is 32.3 Å². The molecule has 0 bridgehead atoms. The lowest BCUT2D eigenvalue weighted by Gasteiger charge is -2.18. The second-order valence-corrected chi connectivity index (χ2v) is 8.05. The molecule has 0 aliphatic rings. The summed E-state index contributed by atoms with van der Waals surface area (Å²) in [7, 11) is 1.65. The Morgan fingerprint density at radius 1 is 1.20 bits per heavy atom. The largest absolute Gasteiger partial charge is 0.462 e. The predicted octanol–water partition coefficient (Wildman–Crippen LogP) is 4.59. The van der Waals surface area contributed by atoms with Gasteiger partial charge in [0.2, 0.25) is 0 Å². The number of rotatable bonds is 6. The fourth-order valence-electron chi connectivity index (χ4n) is 2.63. The van der Waals surface area contributed by atoms with E-state index in [0.717, 1.165) is 39.3 Å². The molecule has 2 aromatic heterocycles. The van der Waals surface area contributed by atoms with Crippen LogP contribution in [0.5, 0.6) is 0 Å². The number of aromatic nitrogens is 3. The molecule has 2 heterocycles. The number of ether oxygens (including phenoxy) is 1. The third kappa shape index (κ3) is 4.22. The topological polar surface area (TPSA) is 65.1 Å². The van der Waals surface area contributed by atoms with Crippen LogP contribution in [0, 0.1) is 5.41 Å². The molecule has 0 saturated heterocycles. The van der Waals surface area contributed by atoms with Gasteiger partial charge in [-0.1, -0.05) is 26.0 Å². The first-order valence-electron chi connectivity index (χ1n) is 8.19. The van der Waals surface area contributed by atoms with Gasteiger partial charge >= 0.3 is 0 Å². The van der Waals surface area contributed by atoms with Gasteiger partial charge in [0.15, 0.2) is 0 Å². The fraction of sp³-hybridized carbons (Fsp3) is 0.444. The van der Waals surface area contributed by atoms with E-state index in [4.69, 9.17) is 9.15 Å². The van der Waals surface area contributed by atoms with Crippen LogP contribution in [0.25, 0.3) is 11.0 Å². The van der Waals surface area contributed by atoms with Crippen molar-refractivity contribution < 1.29 is 9.15 Å². The minimum Gasteiger partial charge on any atom is -0.462 e. The number of fused-ring (bicyclic) bond motifs is 1. The first kappa shape index (κ1) is 17.9. The highest BCUT2D eigenvalue weighted by atomic mass is 79.9. The molecule has 25 heavy (non-hydrogen) atoms. The second kappa shape index (κ2) is 7.17. The minimum absolute atomic E-state index is 0.142. The number of anilines is 1. The molecule has 1 N–H and O–H groups in total. The number of benzene rings is 1. The number of methoxy groups -OCH3 is 1. The minimum atomic E-state index is 0.142. The van der Waals surface area contributed by atoms with Crippen LogP contribution in [0.2, 0.25) is 0 Å². The number of furan rings is 1. The van der Waals surface area contributed by atoms with Gasteiger partial charge in [0, 0.05) is 13.7 Å². The number of hydrogen-bond donors (Lipinski definition) is 1. The summed E-state index contributed by atoms with van der Waals surface area (Å²) in [6.07, 6.45) is 0. The zero-order chi connectivity index (χ0) is 18.0. The monoisotopic (exact) mass is 406 g/mol. The maximum Gasteiger partial charge on any atom is 0.129 e. The van der Waals surface area contributed by atoms with Crippen molar-refractivity contribution in [3.8, 4) is 0 Å². The molecular formula is C18H23BrN4O2. The normalized spacial score (nSPS) is 12.0. The Kier molecular flexibility index (Phi) is 5.15. The Morgan fingerprint density at radius 3 is 2.68 bits per heavy atom. The van der Waals surface area contributed by atoms with Gasteiger partial charge in [-0.25, -0.2) is 4.68 Å². The van der Waals surface area contributed by atoms with Crippen LogP contribution in [0.15, 0.2) is 33.2 Å². The fourth-order valence-corrected chi connectivity index (χ4v) is 3.18. The maximum atomic E-state index is 5.70. The van der Waals surface area contributed by atoms with Crippen LogP contribution in [0.4, 0.5) is 5.69 Å². The molecule has 0 spiro atoms. The molecule has 0 atom stereocenters. The van der Waals surface area contributed by atoms with Gasteiger partial charge in [-0.3, -0.25) is 0 Å². The third-order valence-electron chi connectivity index (χ3n) is 3.71. The summed E-state index contributed by atoms with van der Waals surface area (Å²) in [6, 6.07) is 7.96. The van der Waals surface area contributed by atoms with Crippen molar-refractivity contribution in [2.24, 2.45) is 5.41 Å². The Bertz CT molecular complexity index is 864. The zero-order valence-corrected chi connectivity index (χ0v) is 16.6. The van der Waals surface area contributed by atoms with Gasteiger partial charge in [-0.2, -0.15) is 0 Å². The smallest absolute Gasteiger partial charge is 0.129 e. The van der Waals surface area contributed by atoms with E-state index in [1.165, 1.54) is 0 Å². The van der Waals surface area contributed by atoms with Crippen molar-refractivity contribution in [2.75, 3.05) is 12.4 Å². The lowest BCUT2D eigenvalue weighted by molar-refractivity contribution is 0.163. The van der Waals surface area contributed by atoms with Gasteiger partial charge in [0.05, 0.1) is 22.2 Å². The van der Waals surface area contributed by atoms with Crippen molar-refractivity contribution in [1.29, 1.82) is 0 Å². The van der Waals surface area contributed by atoms with Crippen LogP contribution in [-0.4, -0.2) is 22.1 Å². The Balaban J connectivity index is 1.77. The molecule has 0 fully saturated rings. The quantitative estimate of drug-likeness (QED) is 0.648. The Labute approximate surface area is 155 Å². The van der Waals surface area contributed by atoms with E-state index < -0.39 is 0 Å². The molecule has 6 nitrogen and oxygen atoms in total. The van der Waals surface area contributed by atoms with Crippen LogP contribution < -0.4 is 5.32 Å². The van der Waals surface area contributed by atoms with E-state index in [0.29, 0.717) is 13.2 Å². The Hall–Kier alpha value is -1.86. The van der Waals surface area contributed by atoms with Crippen LogP contribution in [0.3, 0.4) is 0 Å². The molecule has 134 valence electrons. The lowest BCUT2D eigenvalue weighted by Crippen LogP contribution is -2.16. The van der Waals surface area contributed by atoms with Crippen molar-refractivity contribution >= 4 is 32.7 Å². The van der Waals surface area contributed by atoms with E-state index in [2.05, 4.69) is 52.3 Å². The molecule has 0 amide bonds. The third-order valence-corrected chi connectivity index (χ3v) is 4.51. The maximum absolute atomic E-state index is 5.70. The average Bonchev–Trinajstić information content (AvgIpc) is 3.13. The van der Waals surface area contributed by atoms with Crippen LogP contribution >= 0.6 is 15.9 Å². The molecule has 3 rings (SSSR count). The highest BCUT2D eigenvalue weighted by molar-refractivity contribution is 9.10. The standard InChI is InChI=1S/C18H23BrN4O2/c1-18(2,3)11-23-15-8-7-14(16(19)17(15)21-22-23)20-9-12-5-6-13(25-12)10-24-4/h5-8,20H,9-11H2,1-4H3. The molecule has 0 aliphatic heterocycles. The number of nitrogens with zero attached hydrogens (tertiary/aromatic N) is 3. The molecule has 0 saturated carbocycles. The van der Waals surface area contributed by atoms with E-state index in [9.17, 15) is 0 Å². The number of nitrogens with one attached hydrogen (secondary N) is 1. The van der Waals surface area contributed by atoms with Crippen molar-refractivity contribution in [1.82, 2.24) is 15.0 Å². The average molecular weight is 407 g/mol. The summed E-state index contributed by atoms with van der Waals surface area (Å²) in [4.78, 5) is 0.